The molecule has 2 amide bonds. The third-order valence-electron chi connectivity index (χ3n) is 5.01. The largest absolute Gasteiger partial charge is 0.376 e. The minimum Gasteiger partial charge on any atom is -0.376 e. The van der Waals surface area contributed by atoms with E-state index in [1.54, 1.807) is 36.4 Å². The molecule has 3 N–H and O–H groups in total. The number of hydrogen-bond acceptors (Lipinski definition) is 6. The number of ether oxygens (including phenoxy) is 1. The highest BCUT2D eigenvalue weighted by atomic mass is 32.2. The normalized spacial score (nSPS) is 15.6. The monoisotopic (exact) mass is 455 g/mol. The van der Waals surface area contributed by atoms with Gasteiger partial charge >= 0.3 is 0 Å². The Labute approximate surface area is 188 Å². The van der Waals surface area contributed by atoms with Crippen molar-refractivity contribution in [2.45, 2.75) is 30.6 Å². The highest BCUT2D eigenvalue weighted by Gasteiger charge is 2.22. The van der Waals surface area contributed by atoms with Gasteiger partial charge in [0.15, 0.2) is 11.0 Å². The molecule has 1 fully saturated rings. The minimum atomic E-state index is -0.527. The van der Waals surface area contributed by atoms with Gasteiger partial charge in [-0.3, -0.25) is 14.2 Å². The van der Waals surface area contributed by atoms with Crippen LogP contribution in [0.2, 0.25) is 0 Å². The van der Waals surface area contributed by atoms with Crippen LogP contribution in [0.25, 0.3) is 11.4 Å². The zero-order chi connectivity index (χ0) is 22.5. The SMILES string of the molecule is NC(=O)c1ccc(NC(=O)CSc2nnc(-c3ccc(F)cc3)n2CC2CCCO2)cc1. The van der Waals surface area contributed by atoms with Gasteiger partial charge in [-0.15, -0.1) is 10.2 Å². The summed E-state index contributed by atoms with van der Waals surface area (Å²) in [6.07, 6.45) is 1.98. The van der Waals surface area contributed by atoms with E-state index in [4.69, 9.17) is 10.5 Å². The molecule has 2 aromatic carbocycles. The van der Waals surface area contributed by atoms with E-state index < -0.39 is 5.91 Å². The number of amides is 2. The van der Waals surface area contributed by atoms with Gasteiger partial charge in [0.2, 0.25) is 11.8 Å². The molecular weight excluding hydrogens is 433 g/mol. The second kappa shape index (κ2) is 9.92. The van der Waals surface area contributed by atoms with Gasteiger partial charge in [0.1, 0.15) is 5.82 Å². The van der Waals surface area contributed by atoms with Crippen LogP contribution in [-0.2, 0) is 16.1 Å². The lowest BCUT2D eigenvalue weighted by Gasteiger charge is -2.14. The number of carbonyl (C=O) groups is 2. The zero-order valence-electron chi connectivity index (χ0n) is 17.2. The number of aromatic nitrogens is 3. The van der Waals surface area contributed by atoms with Crippen LogP contribution in [0.4, 0.5) is 10.1 Å². The van der Waals surface area contributed by atoms with Gasteiger partial charge in [-0.1, -0.05) is 11.8 Å². The molecule has 1 unspecified atom stereocenters. The van der Waals surface area contributed by atoms with Crippen LogP contribution in [0.15, 0.2) is 53.7 Å². The highest BCUT2D eigenvalue weighted by Crippen LogP contribution is 2.27. The van der Waals surface area contributed by atoms with Crippen LogP contribution in [0.5, 0.6) is 0 Å². The first-order valence-electron chi connectivity index (χ1n) is 10.1. The third kappa shape index (κ3) is 5.32. The molecule has 1 aliphatic rings. The van der Waals surface area contributed by atoms with Crippen molar-refractivity contribution in [3.05, 3.63) is 59.9 Å². The zero-order valence-corrected chi connectivity index (χ0v) is 18.0. The Balaban J connectivity index is 1.46. The maximum Gasteiger partial charge on any atom is 0.248 e. The first-order chi connectivity index (χ1) is 15.5. The van der Waals surface area contributed by atoms with Gasteiger partial charge < -0.3 is 15.8 Å². The molecule has 1 aliphatic heterocycles. The fourth-order valence-electron chi connectivity index (χ4n) is 3.41. The fourth-order valence-corrected chi connectivity index (χ4v) is 4.16. The molecule has 1 aromatic heterocycles. The van der Waals surface area contributed by atoms with Crippen molar-refractivity contribution in [2.75, 3.05) is 17.7 Å². The van der Waals surface area contributed by atoms with Gasteiger partial charge in [0, 0.05) is 23.4 Å². The molecule has 0 saturated carbocycles. The van der Waals surface area contributed by atoms with Gasteiger partial charge in [0.25, 0.3) is 0 Å². The average molecular weight is 456 g/mol. The summed E-state index contributed by atoms with van der Waals surface area (Å²) in [6, 6.07) is 12.4. The van der Waals surface area contributed by atoms with E-state index in [-0.39, 0.29) is 23.6 Å². The molecule has 8 nitrogen and oxygen atoms in total. The van der Waals surface area contributed by atoms with Crippen molar-refractivity contribution in [1.29, 1.82) is 0 Å². The molecule has 3 aromatic rings. The molecular formula is C22H22FN5O3S. The molecule has 10 heteroatoms. The molecule has 32 heavy (non-hydrogen) atoms. The number of thioether (sulfide) groups is 1. The van der Waals surface area contributed by atoms with Gasteiger partial charge in [-0.2, -0.15) is 0 Å². The molecule has 0 aliphatic carbocycles. The number of anilines is 1. The Hall–Kier alpha value is -3.24. The number of hydrogen-bond donors (Lipinski definition) is 2. The van der Waals surface area contributed by atoms with E-state index in [0.717, 1.165) is 25.0 Å². The molecule has 0 bridgehead atoms. The first kappa shape index (κ1) is 22.0. The molecule has 4 rings (SSSR count). The van der Waals surface area contributed by atoms with E-state index >= 15 is 0 Å². The van der Waals surface area contributed by atoms with Crippen molar-refractivity contribution in [2.24, 2.45) is 5.73 Å². The standard InChI is InChI=1S/C22H22FN5O3S/c23-16-7-3-15(4-8-16)21-26-27-22(28(21)12-18-2-1-11-31-18)32-13-19(29)25-17-9-5-14(6-10-17)20(24)30/h3-10,18H,1-2,11-13H2,(H2,24,30)(H,25,29). The van der Waals surface area contributed by atoms with Crippen LogP contribution in [0, 0.1) is 5.82 Å². The van der Waals surface area contributed by atoms with E-state index in [1.165, 1.54) is 23.9 Å². The second-order valence-electron chi connectivity index (χ2n) is 7.34. The average Bonchev–Trinajstić information content (AvgIpc) is 3.44. The summed E-state index contributed by atoms with van der Waals surface area (Å²) in [4.78, 5) is 23.6. The van der Waals surface area contributed by atoms with Crippen molar-refractivity contribution in [1.82, 2.24) is 14.8 Å². The number of carbonyl (C=O) groups excluding carboxylic acids is 2. The van der Waals surface area contributed by atoms with Crippen LogP contribution in [0.1, 0.15) is 23.2 Å². The molecule has 0 radical (unpaired) electrons. The van der Waals surface area contributed by atoms with Crippen LogP contribution in [0.3, 0.4) is 0 Å². The Morgan fingerprint density at radius 2 is 1.91 bits per heavy atom. The second-order valence-corrected chi connectivity index (χ2v) is 8.28. The molecule has 0 spiro atoms. The molecule has 1 atom stereocenters. The smallest absolute Gasteiger partial charge is 0.248 e. The van der Waals surface area contributed by atoms with E-state index in [0.29, 0.717) is 28.8 Å². The first-order valence-corrected chi connectivity index (χ1v) is 11.1. The summed E-state index contributed by atoms with van der Waals surface area (Å²) in [6.45, 7) is 1.27. The highest BCUT2D eigenvalue weighted by molar-refractivity contribution is 7.99. The maximum atomic E-state index is 13.4. The van der Waals surface area contributed by atoms with E-state index in [1.807, 2.05) is 4.57 Å². The lowest BCUT2D eigenvalue weighted by atomic mass is 10.2. The lowest BCUT2D eigenvalue weighted by molar-refractivity contribution is -0.113. The predicted octanol–water partition coefficient (Wildman–Crippen LogP) is 3.09. The van der Waals surface area contributed by atoms with Gasteiger partial charge in [0.05, 0.1) is 18.4 Å². The van der Waals surface area contributed by atoms with Gasteiger partial charge in [-0.25, -0.2) is 4.39 Å². The topological polar surface area (TPSA) is 112 Å². The summed E-state index contributed by atoms with van der Waals surface area (Å²) < 4.78 is 21.0. The van der Waals surface area contributed by atoms with Crippen molar-refractivity contribution < 1.29 is 18.7 Å². The van der Waals surface area contributed by atoms with Gasteiger partial charge in [-0.05, 0) is 61.4 Å². The van der Waals surface area contributed by atoms with E-state index in [2.05, 4.69) is 15.5 Å². The number of nitrogens with one attached hydrogen (secondary N) is 1. The van der Waals surface area contributed by atoms with Crippen molar-refractivity contribution >= 4 is 29.3 Å². The van der Waals surface area contributed by atoms with Crippen molar-refractivity contribution in [3.63, 3.8) is 0 Å². The van der Waals surface area contributed by atoms with Crippen molar-refractivity contribution in [3.8, 4) is 11.4 Å². The fraction of sp³-hybridized carbons (Fsp3) is 0.273. The maximum absolute atomic E-state index is 13.4. The molecule has 2 heterocycles. The van der Waals surface area contributed by atoms with Crippen LogP contribution < -0.4 is 11.1 Å². The third-order valence-corrected chi connectivity index (χ3v) is 5.98. The summed E-state index contributed by atoms with van der Waals surface area (Å²) >= 11 is 1.26. The quantitative estimate of drug-likeness (QED) is 0.505. The minimum absolute atomic E-state index is 0.0437. The number of nitrogens with two attached hydrogens (primary N) is 1. The Bertz CT molecular complexity index is 1100. The van der Waals surface area contributed by atoms with Crippen LogP contribution >= 0.6 is 11.8 Å². The lowest BCUT2D eigenvalue weighted by Crippen LogP contribution is -2.18. The Morgan fingerprint density at radius 1 is 1.16 bits per heavy atom. The number of halogens is 1. The molecule has 166 valence electrons. The Kier molecular flexibility index (Phi) is 6.81. The Morgan fingerprint density at radius 3 is 2.56 bits per heavy atom. The number of primary amides is 1. The summed E-state index contributed by atoms with van der Waals surface area (Å²) in [5.74, 6) is -0.359. The summed E-state index contributed by atoms with van der Waals surface area (Å²) in [5.41, 5.74) is 6.90. The number of nitrogens with zero attached hydrogens (tertiary/aromatic N) is 3. The van der Waals surface area contributed by atoms with Crippen LogP contribution in [-0.4, -0.2) is 45.0 Å². The number of benzene rings is 2. The summed E-state index contributed by atoms with van der Waals surface area (Å²) in [5, 5.41) is 11.9. The van der Waals surface area contributed by atoms with E-state index in [9.17, 15) is 14.0 Å². The number of rotatable bonds is 8. The predicted molar refractivity (Wildman–Crippen MR) is 119 cm³/mol. The molecule has 1 saturated heterocycles. The summed E-state index contributed by atoms with van der Waals surface area (Å²) in [7, 11) is 0.